The maximum Gasteiger partial charge on any atom is 0.175 e. The first-order valence-corrected chi connectivity index (χ1v) is 12.2. The van der Waals surface area contributed by atoms with Crippen molar-refractivity contribution in [2.24, 2.45) is 0 Å². The predicted molar refractivity (Wildman–Crippen MR) is 137 cm³/mol. The molecule has 0 unspecified atom stereocenters. The van der Waals surface area contributed by atoms with Gasteiger partial charge in [0.1, 0.15) is 19.8 Å². The number of halogens is 1. The van der Waals surface area contributed by atoms with E-state index in [4.69, 9.17) is 28.4 Å². The minimum Gasteiger partial charge on any atom is -0.493 e. The molecule has 3 aromatic carbocycles. The Hall–Kier alpha value is -3.10. The highest BCUT2D eigenvalue weighted by molar-refractivity contribution is 9.10. The lowest BCUT2D eigenvalue weighted by Crippen LogP contribution is -2.17. The molecule has 0 aromatic heterocycles. The molecule has 0 radical (unpaired) electrons. The van der Waals surface area contributed by atoms with Crippen molar-refractivity contribution in [2.75, 3.05) is 41.1 Å². The van der Waals surface area contributed by atoms with Crippen LogP contribution in [0.4, 0.5) is 0 Å². The number of rotatable bonds is 11. The van der Waals surface area contributed by atoms with Crippen molar-refractivity contribution < 1.29 is 28.4 Å². The lowest BCUT2D eigenvalue weighted by atomic mass is 10.1. The first-order valence-electron chi connectivity index (χ1n) is 11.4. The molecule has 0 spiro atoms. The van der Waals surface area contributed by atoms with E-state index in [9.17, 15) is 0 Å². The van der Waals surface area contributed by atoms with E-state index < -0.39 is 0 Å². The van der Waals surface area contributed by atoms with Gasteiger partial charge in [-0.15, -0.1) is 0 Å². The molecule has 3 aromatic rings. The molecule has 0 saturated heterocycles. The van der Waals surface area contributed by atoms with Gasteiger partial charge in [-0.25, -0.2) is 0 Å². The summed E-state index contributed by atoms with van der Waals surface area (Å²) in [6, 6.07) is 15.9. The second-order valence-corrected chi connectivity index (χ2v) is 8.85. The summed E-state index contributed by atoms with van der Waals surface area (Å²) in [5.41, 5.74) is 3.26. The van der Waals surface area contributed by atoms with Crippen LogP contribution in [0.3, 0.4) is 0 Å². The number of hydrogen-bond donors (Lipinski definition) is 1. The van der Waals surface area contributed by atoms with Crippen LogP contribution < -0.4 is 33.7 Å². The van der Waals surface area contributed by atoms with Crippen LogP contribution in [0, 0.1) is 0 Å². The third-order valence-electron chi connectivity index (χ3n) is 5.65. The fourth-order valence-corrected chi connectivity index (χ4v) is 4.45. The Bertz CT molecular complexity index is 1150. The third kappa shape index (κ3) is 6.32. The fourth-order valence-electron chi connectivity index (χ4n) is 3.85. The molecule has 0 amide bonds. The number of nitrogens with one attached hydrogen (secondary N) is 1. The molecule has 0 bridgehead atoms. The molecule has 1 heterocycles. The van der Waals surface area contributed by atoms with E-state index in [1.54, 1.807) is 21.3 Å². The van der Waals surface area contributed by atoms with Gasteiger partial charge in [0.2, 0.25) is 0 Å². The number of methoxy groups -OCH3 is 3. The van der Waals surface area contributed by atoms with Gasteiger partial charge in [0.05, 0.1) is 25.8 Å². The van der Waals surface area contributed by atoms with Gasteiger partial charge in [-0.3, -0.25) is 0 Å². The number of fused-ring (bicyclic) bond motifs is 1. The van der Waals surface area contributed by atoms with E-state index >= 15 is 0 Å². The summed E-state index contributed by atoms with van der Waals surface area (Å²) >= 11 is 3.64. The molecule has 0 atom stereocenters. The minimum absolute atomic E-state index is 0.383. The zero-order valence-electron chi connectivity index (χ0n) is 20.2. The number of hydrogen-bond acceptors (Lipinski definition) is 7. The Balaban J connectivity index is 1.33. The number of ether oxygens (including phenoxy) is 6. The lowest BCUT2D eigenvalue weighted by Gasteiger charge is -2.19. The smallest absolute Gasteiger partial charge is 0.175 e. The average Bonchev–Trinajstić information content (AvgIpc) is 2.89. The van der Waals surface area contributed by atoms with Crippen LogP contribution >= 0.6 is 15.9 Å². The Morgan fingerprint density at radius 2 is 1.49 bits per heavy atom. The van der Waals surface area contributed by atoms with E-state index in [0.29, 0.717) is 37.9 Å². The Labute approximate surface area is 214 Å². The van der Waals surface area contributed by atoms with Crippen LogP contribution in [0.25, 0.3) is 0 Å². The normalized spacial score (nSPS) is 12.2. The van der Waals surface area contributed by atoms with E-state index in [-0.39, 0.29) is 0 Å². The molecule has 0 fully saturated rings. The van der Waals surface area contributed by atoms with E-state index in [0.717, 1.165) is 51.6 Å². The molecule has 0 saturated carbocycles. The van der Waals surface area contributed by atoms with Crippen molar-refractivity contribution in [2.45, 2.75) is 19.6 Å². The Morgan fingerprint density at radius 1 is 0.771 bits per heavy atom. The predicted octanol–water partition coefficient (Wildman–Crippen LogP) is 5.16. The van der Waals surface area contributed by atoms with Gasteiger partial charge >= 0.3 is 0 Å². The second-order valence-electron chi connectivity index (χ2n) is 7.99. The van der Waals surface area contributed by atoms with Gasteiger partial charge < -0.3 is 33.7 Å². The SMILES string of the molecule is COc1ccc(CCNCc2cc(Br)c(OCc3ccc4c(c3)OCCO4)c(OC)c2)cc1OC. The summed E-state index contributed by atoms with van der Waals surface area (Å²) in [7, 11) is 4.93. The lowest BCUT2D eigenvalue weighted by molar-refractivity contribution is 0.171. The van der Waals surface area contributed by atoms with Gasteiger partial charge in [-0.1, -0.05) is 12.1 Å². The van der Waals surface area contributed by atoms with Crippen molar-refractivity contribution in [3.63, 3.8) is 0 Å². The molecule has 1 aliphatic rings. The van der Waals surface area contributed by atoms with E-state index in [1.807, 2.05) is 42.5 Å². The fraction of sp³-hybridized carbons (Fsp3) is 0.333. The van der Waals surface area contributed by atoms with Crippen LogP contribution in [-0.2, 0) is 19.6 Å². The number of benzene rings is 3. The van der Waals surface area contributed by atoms with Gasteiger partial charge in [-0.2, -0.15) is 0 Å². The van der Waals surface area contributed by atoms with Crippen molar-refractivity contribution >= 4 is 15.9 Å². The molecule has 0 aliphatic carbocycles. The summed E-state index contributed by atoms with van der Waals surface area (Å²) in [6.07, 6.45) is 0.870. The van der Waals surface area contributed by atoms with Crippen LogP contribution in [-0.4, -0.2) is 41.1 Å². The summed E-state index contributed by atoms with van der Waals surface area (Å²) < 4.78 is 34.5. The largest absolute Gasteiger partial charge is 0.493 e. The monoisotopic (exact) mass is 543 g/mol. The van der Waals surface area contributed by atoms with Crippen molar-refractivity contribution in [3.8, 4) is 34.5 Å². The van der Waals surface area contributed by atoms with Crippen molar-refractivity contribution in [3.05, 3.63) is 69.7 Å². The topological polar surface area (TPSA) is 67.4 Å². The third-order valence-corrected chi connectivity index (χ3v) is 6.24. The molecular formula is C27H30BrNO6. The van der Waals surface area contributed by atoms with Crippen LogP contribution in [0.5, 0.6) is 34.5 Å². The van der Waals surface area contributed by atoms with E-state index in [2.05, 4.69) is 27.3 Å². The summed E-state index contributed by atoms with van der Waals surface area (Å²) in [6.45, 7) is 3.03. The zero-order valence-corrected chi connectivity index (χ0v) is 21.8. The average molecular weight is 544 g/mol. The van der Waals surface area contributed by atoms with Crippen molar-refractivity contribution in [1.82, 2.24) is 5.32 Å². The summed E-state index contributed by atoms with van der Waals surface area (Å²) in [4.78, 5) is 0. The molecule has 1 N–H and O–H groups in total. The maximum absolute atomic E-state index is 6.10. The van der Waals surface area contributed by atoms with Crippen LogP contribution in [0.1, 0.15) is 16.7 Å². The zero-order chi connectivity index (χ0) is 24.6. The Kier molecular flexibility index (Phi) is 8.60. The first kappa shape index (κ1) is 25.0. The second kappa shape index (κ2) is 12.0. The molecular weight excluding hydrogens is 514 g/mol. The summed E-state index contributed by atoms with van der Waals surface area (Å²) in [5.74, 6) is 4.33. The highest BCUT2D eigenvalue weighted by Crippen LogP contribution is 2.38. The summed E-state index contributed by atoms with van der Waals surface area (Å²) in [5, 5.41) is 3.49. The highest BCUT2D eigenvalue weighted by Gasteiger charge is 2.15. The van der Waals surface area contributed by atoms with Gasteiger partial charge in [0, 0.05) is 6.54 Å². The minimum atomic E-state index is 0.383. The maximum atomic E-state index is 6.10. The molecule has 186 valence electrons. The molecule has 8 heteroatoms. The molecule has 7 nitrogen and oxygen atoms in total. The van der Waals surface area contributed by atoms with Crippen LogP contribution in [0.2, 0.25) is 0 Å². The first-order chi connectivity index (χ1) is 17.1. The van der Waals surface area contributed by atoms with E-state index in [1.165, 1.54) is 5.56 Å². The van der Waals surface area contributed by atoms with Gasteiger partial charge in [0.15, 0.2) is 34.5 Å². The molecule has 35 heavy (non-hydrogen) atoms. The molecule has 1 aliphatic heterocycles. The van der Waals surface area contributed by atoms with Crippen molar-refractivity contribution in [1.29, 1.82) is 0 Å². The Morgan fingerprint density at radius 3 is 2.26 bits per heavy atom. The molecule has 4 rings (SSSR count). The standard InChI is InChI=1S/C27H30BrNO6/c1-30-22-6-4-18(13-24(22)31-2)8-9-29-16-20-12-21(28)27(26(15-20)32-3)35-17-19-5-7-23-25(14-19)34-11-10-33-23/h4-7,12-15,29H,8-11,16-17H2,1-3H3. The van der Waals surface area contributed by atoms with Crippen LogP contribution in [0.15, 0.2) is 53.0 Å². The quantitative estimate of drug-likeness (QED) is 0.335. The highest BCUT2D eigenvalue weighted by atomic mass is 79.9. The van der Waals surface area contributed by atoms with Gasteiger partial charge in [0.25, 0.3) is 0 Å². The van der Waals surface area contributed by atoms with Gasteiger partial charge in [-0.05, 0) is 82.0 Å².